The van der Waals surface area contributed by atoms with Gasteiger partial charge in [0, 0.05) is 36.2 Å². The van der Waals surface area contributed by atoms with Gasteiger partial charge in [-0.15, -0.1) is 10.2 Å². The van der Waals surface area contributed by atoms with Crippen molar-refractivity contribution in [2.45, 2.75) is 19.9 Å². The SMILES string of the molecule is CC1CCN(C(=O)Nc2ccc(-c3nnc(Nc4ccc5c(c4)C=NC5)s3)cc2)C1. The predicted octanol–water partition coefficient (Wildman–Crippen LogP) is 4.75. The van der Waals surface area contributed by atoms with Crippen molar-refractivity contribution in [1.82, 2.24) is 15.1 Å². The van der Waals surface area contributed by atoms with Crippen molar-refractivity contribution in [3.63, 3.8) is 0 Å². The summed E-state index contributed by atoms with van der Waals surface area (Å²) in [5.41, 5.74) is 5.11. The third kappa shape index (κ3) is 3.91. The summed E-state index contributed by atoms with van der Waals surface area (Å²) < 4.78 is 0. The van der Waals surface area contributed by atoms with Crippen LogP contribution in [0.5, 0.6) is 0 Å². The zero-order chi connectivity index (χ0) is 20.5. The number of carbonyl (C=O) groups excluding carboxylic acids is 1. The number of aliphatic imine (C=N–C) groups is 1. The number of hydrogen-bond donors (Lipinski definition) is 2. The van der Waals surface area contributed by atoms with E-state index in [0.717, 1.165) is 58.7 Å². The van der Waals surface area contributed by atoms with E-state index >= 15 is 0 Å². The Kier molecular flexibility index (Phi) is 4.92. The van der Waals surface area contributed by atoms with Crippen LogP contribution in [0, 0.1) is 5.92 Å². The Morgan fingerprint density at radius 1 is 1.13 bits per heavy atom. The van der Waals surface area contributed by atoms with Crippen LogP contribution < -0.4 is 10.6 Å². The van der Waals surface area contributed by atoms with Crippen LogP contribution in [0.15, 0.2) is 47.5 Å². The molecule has 2 aliphatic rings. The first kappa shape index (κ1) is 18.7. The van der Waals surface area contributed by atoms with Gasteiger partial charge in [0.05, 0.1) is 6.54 Å². The number of amides is 2. The number of urea groups is 1. The summed E-state index contributed by atoms with van der Waals surface area (Å²) in [5.74, 6) is 0.572. The molecule has 1 saturated heterocycles. The topological polar surface area (TPSA) is 82.5 Å². The summed E-state index contributed by atoms with van der Waals surface area (Å²) >= 11 is 1.49. The number of rotatable bonds is 4. The molecular formula is C22H22N6OS. The third-order valence-electron chi connectivity index (χ3n) is 5.41. The van der Waals surface area contributed by atoms with Crippen LogP contribution in [0.1, 0.15) is 24.5 Å². The van der Waals surface area contributed by atoms with E-state index in [9.17, 15) is 4.79 Å². The second-order valence-corrected chi connectivity index (χ2v) is 8.75. The van der Waals surface area contributed by atoms with Crippen LogP contribution in [0.4, 0.5) is 21.3 Å². The zero-order valence-electron chi connectivity index (χ0n) is 16.6. The van der Waals surface area contributed by atoms with Gasteiger partial charge < -0.3 is 15.5 Å². The number of anilines is 3. The van der Waals surface area contributed by atoms with E-state index in [2.05, 4.69) is 44.9 Å². The van der Waals surface area contributed by atoms with Crippen LogP contribution in [0.2, 0.25) is 0 Å². The standard InChI is InChI=1S/C22H22N6OS/c1-14-8-9-28(13-14)22(29)25-18-5-2-15(3-6-18)20-26-27-21(30-20)24-19-7-4-16-11-23-12-17(16)10-19/h2-7,10,12,14H,8-9,11,13H2,1H3,(H,24,27)(H,25,29). The molecule has 1 aromatic heterocycles. The molecule has 3 heterocycles. The molecule has 1 unspecified atom stereocenters. The van der Waals surface area contributed by atoms with Crippen LogP contribution in [-0.4, -0.2) is 40.4 Å². The molecule has 2 aromatic carbocycles. The molecule has 7 nitrogen and oxygen atoms in total. The highest BCUT2D eigenvalue weighted by Crippen LogP contribution is 2.30. The quantitative estimate of drug-likeness (QED) is 0.640. The molecule has 1 atom stereocenters. The lowest BCUT2D eigenvalue weighted by Gasteiger charge is -2.16. The summed E-state index contributed by atoms with van der Waals surface area (Å²) in [7, 11) is 0. The van der Waals surface area contributed by atoms with Gasteiger partial charge in [0.25, 0.3) is 0 Å². The van der Waals surface area contributed by atoms with Gasteiger partial charge in [-0.05, 0) is 59.9 Å². The molecule has 152 valence electrons. The van der Waals surface area contributed by atoms with E-state index in [1.54, 1.807) is 0 Å². The number of likely N-dealkylation sites (tertiary alicyclic amines) is 1. The lowest BCUT2D eigenvalue weighted by Crippen LogP contribution is -2.32. The molecule has 5 rings (SSSR count). The normalized spacial score (nSPS) is 17.2. The molecule has 3 aromatic rings. The largest absolute Gasteiger partial charge is 0.330 e. The molecule has 8 heteroatoms. The Morgan fingerprint density at radius 2 is 1.97 bits per heavy atom. The minimum Gasteiger partial charge on any atom is -0.330 e. The maximum absolute atomic E-state index is 12.3. The molecule has 0 saturated carbocycles. The molecule has 30 heavy (non-hydrogen) atoms. The van der Waals surface area contributed by atoms with Crippen molar-refractivity contribution in [3.05, 3.63) is 53.6 Å². The molecule has 0 aliphatic carbocycles. The first-order valence-corrected chi connectivity index (χ1v) is 10.9. The second kappa shape index (κ2) is 7.87. The van der Waals surface area contributed by atoms with E-state index in [-0.39, 0.29) is 6.03 Å². The van der Waals surface area contributed by atoms with Gasteiger partial charge in [-0.3, -0.25) is 4.99 Å². The number of hydrogen-bond acceptors (Lipinski definition) is 6. The monoisotopic (exact) mass is 418 g/mol. The summed E-state index contributed by atoms with van der Waals surface area (Å²) in [6.07, 6.45) is 2.97. The smallest absolute Gasteiger partial charge is 0.321 e. The molecule has 0 radical (unpaired) electrons. The highest BCUT2D eigenvalue weighted by atomic mass is 32.1. The van der Waals surface area contributed by atoms with Crippen LogP contribution in [-0.2, 0) is 6.54 Å². The molecule has 2 aliphatic heterocycles. The van der Waals surface area contributed by atoms with Gasteiger partial charge in [-0.25, -0.2) is 4.79 Å². The molecule has 1 fully saturated rings. The van der Waals surface area contributed by atoms with Gasteiger partial charge in [0.1, 0.15) is 5.01 Å². The predicted molar refractivity (Wildman–Crippen MR) is 121 cm³/mol. The second-order valence-electron chi connectivity index (χ2n) is 7.77. The number of aromatic nitrogens is 2. The highest BCUT2D eigenvalue weighted by molar-refractivity contribution is 7.18. The molecule has 2 N–H and O–H groups in total. The van der Waals surface area contributed by atoms with E-state index in [1.807, 2.05) is 41.4 Å². The zero-order valence-corrected chi connectivity index (χ0v) is 17.4. The van der Waals surface area contributed by atoms with Gasteiger partial charge >= 0.3 is 6.03 Å². The maximum Gasteiger partial charge on any atom is 0.321 e. The van der Waals surface area contributed by atoms with Crippen LogP contribution >= 0.6 is 11.3 Å². The van der Waals surface area contributed by atoms with E-state index in [0.29, 0.717) is 5.92 Å². The Hall–Kier alpha value is -3.26. The molecule has 0 spiro atoms. The summed E-state index contributed by atoms with van der Waals surface area (Å²) in [6.45, 7) is 4.57. The Labute approximate surface area is 178 Å². The van der Waals surface area contributed by atoms with Crippen molar-refractivity contribution in [2.24, 2.45) is 10.9 Å². The van der Waals surface area contributed by atoms with Crippen molar-refractivity contribution in [3.8, 4) is 10.6 Å². The Balaban J connectivity index is 1.24. The summed E-state index contributed by atoms with van der Waals surface area (Å²) in [4.78, 5) is 18.5. The Bertz CT molecular complexity index is 1110. The minimum absolute atomic E-state index is 0.0334. The highest BCUT2D eigenvalue weighted by Gasteiger charge is 2.23. The fourth-order valence-electron chi connectivity index (χ4n) is 3.71. The first-order chi connectivity index (χ1) is 14.6. The maximum atomic E-state index is 12.3. The lowest BCUT2D eigenvalue weighted by molar-refractivity contribution is 0.221. The van der Waals surface area contributed by atoms with E-state index in [1.165, 1.54) is 16.9 Å². The van der Waals surface area contributed by atoms with Crippen LogP contribution in [0.25, 0.3) is 10.6 Å². The molecular weight excluding hydrogens is 396 g/mol. The van der Waals surface area contributed by atoms with Gasteiger partial charge in [0.15, 0.2) is 0 Å². The van der Waals surface area contributed by atoms with Gasteiger partial charge in [0.2, 0.25) is 5.13 Å². The summed E-state index contributed by atoms with van der Waals surface area (Å²) in [6, 6.07) is 13.9. The fourth-order valence-corrected chi connectivity index (χ4v) is 4.48. The lowest BCUT2D eigenvalue weighted by atomic mass is 10.1. The number of carbonyl (C=O) groups is 1. The molecule has 0 bridgehead atoms. The van der Waals surface area contributed by atoms with Crippen molar-refractivity contribution >= 4 is 40.1 Å². The van der Waals surface area contributed by atoms with E-state index in [4.69, 9.17) is 0 Å². The average Bonchev–Trinajstić information content (AvgIpc) is 3.49. The first-order valence-electron chi connectivity index (χ1n) is 10.0. The van der Waals surface area contributed by atoms with Crippen LogP contribution in [0.3, 0.4) is 0 Å². The van der Waals surface area contributed by atoms with Crippen molar-refractivity contribution in [1.29, 1.82) is 0 Å². The number of nitrogens with zero attached hydrogens (tertiary/aromatic N) is 4. The molecule has 2 amide bonds. The number of nitrogens with one attached hydrogen (secondary N) is 2. The summed E-state index contributed by atoms with van der Waals surface area (Å²) in [5, 5.41) is 16.4. The minimum atomic E-state index is -0.0334. The van der Waals surface area contributed by atoms with Crippen molar-refractivity contribution < 1.29 is 4.79 Å². The third-order valence-corrected chi connectivity index (χ3v) is 6.30. The average molecular weight is 419 g/mol. The van der Waals surface area contributed by atoms with E-state index < -0.39 is 0 Å². The number of benzene rings is 2. The van der Waals surface area contributed by atoms with Crippen molar-refractivity contribution in [2.75, 3.05) is 23.7 Å². The Morgan fingerprint density at radius 3 is 2.77 bits per heavy atom. The number of fused-ring (bicyclic) bond motifs is 1. The van der Waals surface area contributed by atoms with Gasteiger partial charge in [-0.1, -0.05) is 24.3 Å². The fraction of sp³-hybridized carbons (Fsp3) is 0.273. The van der Waals surface area contributed by atoms with Gasteiger partial charge in [-0.2, -0.15) is 0 Å².